The highest BCUT2D eigenvalue weighted by Gasteiger charge is 2.16. The fourth-order valence-corrected chi connectivity index (χ4v) is 1.98. The van der Waals surface area contributed by atoms with Gasteiger partial charge in [-0.05, 0) is 24.1 Å². The zero-order valence-corrected chi connectivity index (χ0v) is 11.0. The van der Waals surface area contributed by atoms with Crippen molar-refractivity contribution in [2.24, 2.45) is 0 Å². The van der Waals surface area contributed by atoms with Crippen molar-refractivity contribution in [1.29, 1.82) is 0 Å². The van der Waals surface area contributed by atoms with Crippen LogP contribution in [-0.4, -0.2) is 10.9 Å². The fraction of sp³-hybridized carbons (Fsp3) is 0.250. The van der Waals surface area contributed by atoms with E-state index in [0.29, 0.717) is 6.42 Å². The van der Waals surface area contributed by atoms with Crippen molar-refractivity contribution in [3.8, 4) is 0 Å². The first kappa shape index (κ1) is 13.3. The van der Waals surface area contributed by atoms with Gasteiger partial charge in [0, 0.05) is 12.6 Å². The molecule has 1 aromatic heterocycles. The van der Waals surface area contributed by atoms with Crippen molar-refractivity contribution in [3.63, 3.8) is 0 Å². The lowest BCUT2D eigenvalue weighted by molar-refractivity contribution is -0.121. The highest BCUT2D eigenvalue weighted by molar-refractivity contribution is 5.76. The van der Waals surface area contributed by atoms with Crippen LogP contribution in [0.15, 0.2) is 54.7 Å². The molecule has 0 spiro atoms. The maximum Gasteiger partial charge on any atom is 0.220 e. The molecule has 0 fully saturated rings. The normalized spacial score (nSPS) is 11.8. The number of benzene rings is 1. The van der Waals surface area contributed by atoms with Gasteiger partial charge in [0.25, 0.3) is 0 Å². The second kappa shape index (κ2) is 6.69. The van der Waals surface area contributed by atoms with Crippen molar-refractivity contribution >= 4 is 5.91 Å². The summed E-state index contributed by atoms with van der Waals surface area (Å²) in [7, 11) is 0. The van der Waals surface area contributed by atoms with Gasteiger partial charge in [0.1, 0.15) is 0 Å². The molecular formula is C16H18N2O. The lowest BCUT2D eigenvalue weighted by Gasteiger charge is -2.18. The summed E-state index contributed by atoms with van der Waals surface area (Å²) in [5, 5.41) is 3.05. The van der Waals surface area contributed by atoms with Crippen molar-refractivity contribution in [1.82, 2.24) is 10.3 Å². The number of aromatic nitrogens is 1. The molecule has 1 N–H and O–H groups in total. The molecule has 2 rings (SSSR count). The molecule has 0 unspecified atom stereocenters. The minimum atomic E-state index is -0.179. The van der Waals surface area contributed by atoms with Crippen molar-refractivity contribution in [2.45, 2.75) is 25.8 Å². The number of hydrogen-bond acceptors (Lipinski definition) is 2. The Morgan fingerprint density at radius 2 is 1.89 bits per heavy atom. The van der Waals surface area contributed by atoms with E-state index in [-0.39, 0.29) is 11.9 Å². The van der Waals surface area contributed by atoms with E-state index < -0.39 is 0 Å². The van der Waals surface area contributed by atoms with Crippen molar-refractivity contribution in [2.75, 3.05) is 0 Å². The van der Waals surface area contributed by atoms with Crippen LogP contribution in [-0.2, 0) is 4.79 Å². The molecule has 1 heterocycles. The SMILES string of the molecule is CCCC(=O)N[C@@H](c1ccccc1)c1ccccn1. The van der Waals surface area contributed by atoms with Crippen LogP contribution in [0.25, 0.3) is 0 Å². The molecule has 1 atom stereocenters. The van der Waals surface area contributed by atoms with E-state index in [4.69, 9.17) is 0 Å². The molecule has 3 heteroatoms. The maximum absolute atomic E-state index is 11.9. The quantitative estimate of drug-likeness (QED) is 0.891. The largest absolute Gasteiger partial charge is 0.344 e. The van der Waals surface area contributed by atoms with E-state index in [0.717, 1.165) is 17.7 Å². The molecule has 0 aliphatic carbocycles. The van der Waals surface area contributed by atoms with Crippen LogP contribution >= 0.6 is 0 Å². The average molecular weight is 254 g/mol. The predicted molar refractivity (Wildman–Crippen MR) is 75.6 cm³/mol. The number of pyridine rings is 1. The van der Waals surface area contributed by atoms with E-state index in [1.54, 1.807) is 6.20 Å². The van der Waals surface area contributed by atoms with Crippen LogP contribution in [0, 0.1) is 0 Å². The molecule has 98 valence electrons. The molecule has 0 saturated carbocycles. The fourth-order valence-electron chi connectivity index (χ4n) is 1.98. The van der Waals surface area contributed by atoms with Gasteiger partial charge in [-0.3, -0.25) is 9.78 Å². The van der Waals surface area contributed by atoms with E-state index in [9.17, 15) is 4.79 Å². The van der Waals surface area contributed by atoms with Crippen molar-refractivity contribution < 1.29 is 4.79 Å². The third kappa shape index (κ3) is 3.65. The van der Waals surface area contributed by atoms with E-state index in [1.165, 1.54) is 0 Å². The number of carbonyl (C=O) groups is 1. The average Bonchev–Trinajstić information content (AvgIpc) is 2.47. The number of amides is 1. The minimum Gasteiger partial charge on any atom is -0.344 e. The van der Waals surface area contributed by atoms with Crippen LogP contribution in [0.4, 0.5) is 0 Å². The lowest BCUT2D eigenvalue weighted by Crippen LogP contribution is -2.29. The topological polar surface area (TPSA) is 42.0 Å². The van der Waals surface area contributed by atoms with Crippen LogP contribution in [0.2, 0.25) is 0 Å². The van der Waals surface area contributed by atoms with Gasteiger partial charge in [-0.15, -0.1) is 0 Å². The Bertz CT molecular complexity index is 471. The van der Waals surface area contributed by atoms with Crippen LogP contribution in [0.5, 0.6) is 0 Å². The first-order chi connectivity index (χ1) is 9.31. The molecule has 3 nitrogen and oxygen atoms in total. The number of hydrogen-bond donors (Lipinski definition) is 1. The van der Waals surface area contributed by atoms with E-state index in [1.807, 2.05) is 55.5 Å². The van der Waals surface area contributed by atoms with Gasteiger partial charge in [0.05, 0.1) is 11.7 Å². The van der Waals surface area contributed by atoms with Gasteiger partial charge in [-0.2, -0.15) is 0 Å². The van der Waals surface area contributed by atoms with Gasteiger partial charge in [0.2, 0.25) is 5.91 Å². The molecule has 0 aliphatic rings. The van der Waals surface area contributed by atoms with Gasteiger partial charge >= 0.3 is 0 Å². The number of carbonyl (C=O) groups excluding carboxylic acids is 1. The molecule has 0 aliphatic heterocycles. The van der Waals surface area contributed by atoms with Gasteiger partial charge in [-0.25, -0.2) is 0 Å². The molecule has 2 aromatic rings. The zero-order valence-electron chi connectivity index (χ0n) is 11.0. The summed E-state index contributed by atoms with van der Waals surface area (Å²) in [4.78, 5) is 16.2. The first-order valence-corrected chi connectivity index (χ1v) is 6.56. The number of rotatable bonds is 5. The standard InChI is InChI=1S/C16H18N2O/c1-2-8-15(19)18-16(13-9-4-3-5-10-13)14-11-6-7-12-17-14/h3-7,9-12,16H,2,8H2,1H3,(H,18,19)/t16-/m0/s1. The van der Waals surface area contributed by atoms with Gasteiger partial charge in [0.15, 0.2) is 0 Å². The Kier molecular flexibility index (Phi) is 4.67. The zero-order chi connectivity index (χ0) is 13.5. The molecule has 19 heavy (non-hydrogen) atoms. The summed E-state index contributed by atoms with van der Waals surface area (Å²) in [6, 6.07) is 15.5. The summed E-state index contributed by atoms with van der Waals surface area (Å²) in [5.74, 6) is 0.0574. The Balaban J connectivity index is 2.26. The molecule has 0 radical (unpaired) electrons. The number of nitrogens with one attached hydrogen (secondary N) is 1. The lowest BCUT2D eigenvalue weighted by atomic mass is 10.0. The Morgan fingerprint density at radius 1 is 1.16 bits per heavy atom. The first-order valence-electron chi connectivity index (χ1n) is 6.56. The van der Waals surface area contributed by atoms with E-state index in [2.05, 4.69) is 10.3 Å². The summed E-state index contributed by atoms with van der Waals surface area (Å²) < 4.78 is 0. The molecule has 1 amide bonds. The molecule has 1 aromatic carbocycles. The maximum atomic E-state index is 11.9. The third-order valence-corrected chi connectivity index (χ3v) is 2.90. The Labute approximate surface area is 113 Å². The summed E-state index contributed by atoms with van der Waals surface area (Å²) in [6.07, 6.45) is 3.13. The second-order valence-electron chi connectivity index (χ2n) is 4.42. The summed E-state index contributed by atoms with van der Waals surface area (Å²) >= 11 is 0. The van der Waals surface area contributed by atoms with Crippen LogP contribution < -0.4 is 5.32 Å². The van der Waals surface area contributed by atoms with Gasteiger partial charge in [-0.1, -0.05) is 43.3 Å². The number of nitrogens with zero attached hydrogens (tertiary/aromatic N) is 1. The third-order valence-electron chi connectivity index (χ3n) is 2.90. The molecule has 0 saturated heterocycles. The summed E-state index contributed by atoms with van der Waals surface area (Å²) in [5.41, 5.74) is 1.91. The van der Waals surface area contributed by atoms with Crippen LogP contribution in [0.1, 0.15) is 37.1 Å². The second-order valence-corrected chi connectivity index (χ2v) is 4.42. The highest BCUT2D eigenvalue weighted by atomic mass is 16.1. The highest BCUT2D eigenvalue weighted by Crippen LogP contribution is 2.20. The molecular weight excluding hydrogens is 236 g/mol. The smallest absolute Gasteiger partial charge is 0.220 e. The minimum absolute atomic E-state index is 0.0574. The monoisotopic (exact) mass is 254 g/mol. The van der Waals surface area contributed by atoms with Crippen molar-refractivity contribution in [3.05, 3.63) is 66.0 Å². The Morgan fingerprint density at radius 3 is 2.53 bits per heavy atom. The summed E-state index contributed by atoms with van der Waals surface area (Å²) in [6.45, 7) is 2.00. The molecule has 0 bridgehead atoms. The Hall–Kier alpha value is -2.16. The van der Waals surface area contributed by atoms with Crippen LogP contribution in [0.3, 0.4) is 0 Å². The predicted octanol–water partition coefficient (Wildman–Crippen LogP) is 3.09. The van der Waals surface area contributed by atoms with E-state index >= 15 is 0 Å². The van der Waals surface area contributed by atoms with Gasteiger partial charge < -0.3 is 5.32 Å².